The molecular formula is C25H27Cl2N5O4. The van der Waals surface area contributed by atoms with Crippen LogP contribution in [0.15, 0.2) is 47.6 Å². The smallest absolute Gasteiger partial charge is 0.328 e. The molecule has 0 bridgehead atoms. The number of nitrogens with one attached hydrogen (secondary N) is 2. The van der Waals surface area contributed by atoms with Gasteiger partial charge in [0, 0.05) is 29.0 Å². The molecule has 0 aromatic heterocycles. The summed E-state index contributed by atoms with van der Waals surface area (Å²) >= 11 is 12.2. The van der Waals surface area contributed by atoms with Crippen molar-refractivity contribution < 1.29 is 19.1 Å². The number of carbonyl (C=O) groups is 3. The molecule has 2 N–H and O–H groups in total. The zero-order valence-corrected chi connectivity index (χ0v) is 21.3. The van der Waals surface area contributed by atoms with Crippen molar-refractivity contribution in [2.75, 3.05) is 19.0 Å². The number of hydrogen-bond donors (Lipinski definition) is 2. The molecule has 3 rings (SSSR count). The summed E-state index contributed by atoms with van der Waals surface area (Å²) in [5.41, 5.74) is 9.38. The van der Waals surface area contributed by atoms with Gasteiger partial charge in [-0.25, -0.2) is 4.79 Å². The highest BCUT2D eigenvalue weighted by Crippen LogP contribution is 2.41. The molecule has 1 aliphatic carbocycles. The fourth-order valence-corrected chi connectivity index (χ4v) is 5.04. The minimum atomic E-state index is -0.887. The SMILES string of the molecule is COC(=O)C(Cc1ccc(NC(=O)c2c(Cl)cccc2Cl)cc1)NC(=O)C1(CCN=[N+]=[N-])CCCC1. The van der Waals surface area contributed by atoms with Crippen LogP contribution >= 0.6 is 23.2 Å². The van der Waals surface area contributed by atoms with Crippen LogP contribution in [0.2, 0.25) is 10.0 Å². The third kappa shape index (κ3) is 6.69. The molecule has 190 valence electrons. The van der Waals surface area contributed by atoms with Crippen LogP contribution in [0.4, 0.5) is 5.69 Å². The number of methoxy groups -OCH3 is 1. The van der Waals surface area contributed by atoms with Crippen molar-refractivity contribution >= 4 is 46.7 Å². The second-order valence-corrected chi connectivity index (χ2v) is 9.51. The average molecular weight is 532 g/mol. The average Bonchev–Trinajstić information content (AvgIpc) is 3.34. The van der Waals surface area contributed by atoms with E-state index in [1.165, 1.54) is 7.11 Å². The van der Waals surface area contributed by atoms with Crippen LogP contribution in [0.5, 0.6) is 0 Å². The Morgan fingerprint density at radius 1 is 1.11 bits per heavy atom. The van der Waals surface area contributed by atoms with Crippen LogP contribution in [0.3, 0.4) is 0 Å². The second-order valence-electron chi connectivity index (χ2n) is 8.69. The van der Waals surface area contributed by atoms with Crippen LogP contribution in [-0.4, -0.2) is 37.5 Å². The van der Waals surface area contributed by atoms with Crippen molar-refractivity contribution in [3.05, 3.63) is 74.1 Å². The first kappa shape index (κ1) is 27.3. The first-order chi connectivity index (χ1) is 17.3. The Labute approximate surface area is 219 Å². The summed E-state index contributed by atoms with van der Waals surface area (Å²) in [6.45, 7) is 0.222. The van der Waals surface area contributed by atoms with E-state index in [4.69, 9.17) is 33.5 Å². The van der Waals surface area contributed by atoms with E-state index in [1.807, 2.05) is 0 Å². The molecule has 0 radical (unpaired) electrons. The molecule has 2 amide bonds. The molecule has 1 unspecified atom stereocenters. The highest BCUT2D eigenvalue weighted by Gasteiger charge is 2.41. The maximum atomic E-state index is 13.2. The van der Waals surface area contributed by atoms with Gasteiger partial charge in [0.15, 0.2) is 0 Å². The van der Waals surface area contributed by atoms with Gasteiger partial charge in [-0.3, -0.25) is 9.59 Å². The van der Waals surface area contributed by atoms with E-state index in [0.717, 1.165) is 18.4 Å². The fourth-order valence-electron chi connectivity index (χ4n) is 4.47. The molecular weight excluding hydrogens is 505 g/mol. The summed E-state index contributed by atoms with van der Waals surface area (Å²) in [5.74, 6) is -1.23. The molecule has 0 spiro atoms. The van der Waals surface area contributed by atoms with Gasteiger partial charge in [-0.2, -0.15) is 0 Å². The number of hydrogen-bond acceptors (Lipinski definition) is 5. The minimum absolute atomic E-state index is 0.180. The van der Waals surface area contributed by atoms with E-state index in [2.05, 4.69) is 20.7 Å². The maximum absolute atomic E-state index is 13.2. The number of azide groups is 1. The van der Waals surface area contributed by atoms with Crippen molar-refractivity contribution in [1.82, 2.24) is 5.32 Å². The second kappa shape index (κ2) is 12.6. The van der Waals surface area contributed by atoms with E-state index in [-0.39, 0.29) is 34.5 Å². The highest BCUT2D eigenvalue weighted by molar-refractivity contribution is 6.40. The third-order valence-corrected chi connectivity index (χ3v) is 7.06. The van der Waals surface area contributed by atoms with Crippen molar-refractivity contribution in [3.63, 3.8) is 0 Å². The zero-order chi connectivity index (χ0) is 26.1. The van der Waals surface area contributed by atoms with Crippen LogP contribution in [0.25, 0.3) is 10.4 Å². The molecule has 1 atom stereocenters. The van der Waals surface area contributed by atoms with Gasteiger partial charge in [0.05, 0.1) is 22.7 Å². The lowest BCUT2D eigenvalue weighted by Gasteiger charge is -2.29. The zero-order valence-electron chi connectivity index (χ0n) is 19.8. The maximum Gasteiger partial charge on any atom is 0.328 e. The minimum Gasteiger partial charge on any atom is -0.467 e. The van der Waals surface area contributed by atoms with E-state index in [9.17, 15) is 14.4 Å². The lowest BCUT2D eigenvalue weighted by Crippen LogP contribution is -2.49. The number of benzene rings is 2. The molecule has 0 heterocycles. The Hall–Kier alpha value is -3.26. The van der Waals surface area contributed by atoms with Crippen LogP contribution in [0.1, 0.15) is 48.0 Å². The number of halogens is 2. The van der Waals surface area contributed by atoms with E-state index in [1.54, 1.807) is 42.5 Å². The van der Waals surface area contributed by atoms with Crippen molar-refractivity contribution in [2.45, 2.75) is 44.6 Å². The molecule has 1 fully saturated rings. The van der Waals surface area contributed by atoms with Gasteiger partial charge >= 0.3 is 5.97 Å². The van der Waals surface area contributed by atoms with Gasteiger partial charge in [0.1, 0.15) is 6.04 Å². The largest absolute Gasteiger partial charge is 0.467 e. The third-order valence-electron chi connectivity index (χ3n) is 6.43. The van der Waals surface area contributed by atoms with E-state index >= 15 is 0 Å². The first-order valence-electron chi connectivity index (χ1n) is 11.5. The fraction of sp³-hybridized carbons (Fsp3) is 0.400. The highest BCUT2D eigenvalue weighted by atomic mass is 35.5. The normalized spacial score (nSPS) is 14.9. The summed E-state index contributed by atoms with van der Waals surface area (Å²) < 4.78 is 4.93. The number of esters is 1. The summed E-state index contributed by atoms with van der Waals surface area (Å²) in [5, 5.41) is 9.68. The van der Waals surface area contributed by atoms with Crippen molar-refractivity contribution in [3.8, 4) is 0 Å². The van der Waals surface area contributed by atoms with Crippen LogP contribution in [-0.2, 0) is 20.7 Å². The lowest BCUT2D eigenvalue weighted by atomic mass is 9.81. The first-order valence-corrected chi connectivity index (χ1v) is 12.3. The molecule has 9 nitrogen and oxygen atoms in total. The summed E-state index contributed by atoms with van der Waals surface area (Å²) in [6.07, 6.45) is 3.80. The number of nitrogens with zero attached hydrogens (tertiary/aromatic N) is 3. The van der Waals surface area contributed by atoms with Gasteiger partial charge < -0.3 is 15.4 Å². The topological polar surface area (TPSA) is 133 Å². The molecule has 0 saturated heterocycles. The van der Waals surface area contributed by atoms with Crippen molar-refractivity contribution in [2.24, 2.45) is 10.5 Å². The van der Waals surface area contributed by atoms with Gasteiger partial charge in [-0.15, -0.1) is 0 Å². The number of amides is 2. The van der Waals surface area contributed by atoms with Gasteiger partial charge in [-0.1, -0.05) is 59.4 Å². The van der Waals surface area contributed by atoms with Gasteiger partial charge in [0.2, 0.25) is 5.91 Å². The summed E-state index contributed by atoms with van der Waals surface area (Å²) in [6, 6.07) is 10.8. The Balaban J connectivity index is 1.69. The molecule has 1 saturated carbocycles. The Kier molecular flexibility index (Phi) is 9.58. The van der Waals surface area contributed by atoms with Gasteiger partial charge in [0.25, 0.3) is 5.91 Å². The van der Waals surface area contributed by atoms with Crippen molar-refractivity contribution in [1.29, 1.82) is 0 Å². The Bertz CT molecular complexity index is 1140. The predicted octanol–water partition coefficient (Wildman–Crippen LogP) is 5.71. The Morgan fingerprint density at radius 3 is 2.33 bits per heavy atom. The summed E-state index contributed by atoms with van der Waals surface area (Å²) in [7, 11) is 1.27. The summed E-state index contributed by atoms with van der Waals surface area (Å²) in [4.78, 5) is 41.1. The lowest BCUT2D eigenvalue weighted by molar-refractivity contribution is -0.146. The van der Waals surface area contributed by atoms with Crippen LogP contribution in [0, 0.1) is 5.41 Å². The van der Waals surface area contributed by atoms with E-state index in [0.29, 0.717) is 24.9 Å². The van der Waals surface area contributed by atoms with E-state index < -0.39 is 23.3 Å². The molecule has 2 aromatic rings. The predicted molar refractivity (Wildman–Crippen MR) is 138 cm³/mol. The number of carbonyl (C=O) groups excluding carboxylic acids is 3. The standard InChI is InChI=1S/C25H27Cl2N5O4/c1-36-23(34)20(31-24(35)25(11-2-3-12-25)13-14-29-32-28)15-16-7-9-17(10-8-16)30-22(33)21-18(26)5-4-6-19(21)27/h4-10,20H,2-3,11-15H2,1H3,(H,30,33)(H,31,35). The number of ether oxygens (including phenoxy) is 1. The van der Waals surface area contributed by atoms with Crippen LogP contribution < -0.4 is 10.6 Å². The molecule has 2 aromatic carbocycles. The number of anilines is 1. The number of rotatable bonds is 10. The molecule has 1 aliphatic rings. The molecule has 36 heavy (non-hydrogen) atoms. The molecule has 0 aliphatic heterocycles. The quantitative estimate of drug-likeness (QED) is 0.176. The van der Waals surface area contributed by atoms with Gasteiger partial charge in [-0.05, 0) is 54.6 Å². The Morgan fingerprint density at radius 2 is 1.75 bits per heavy atom. The molecule has 11 heteroatoms. The monoisotopic (exact) mass is 531 g/mol.